The molecule has 2 heterocycles. The van der Waals surface area contributed by atoms with Gasteiger partial charge >= 0.3 is 0 Å². The van der Waals surface area contributed by atoms with Gasteiger partial charge in [-0.25, -0.2) is 4.98 Å². The van der Waals surface area contributed by atoms with Crippen molar-refractivity contribution in [3.63, 3.8) is 0 Å². The first-order chi connectivity index (χ1) is 9.81. The van der Waals surface area contributed by atoms with Crippen LogP contribution in [0.2, 0.25) is 0 Å². The van der Waals surface area contributed by atoms with Gasteiger partial charge in [0.2, 0.25) is 0 Å². The maximum atomic E-state index is 4.12. The third-order valence-corrected chi connectivity index (χ3v) is 5.70. The molecule has 0 aliphatic carbocycles. The summed E-state index contributed by atoms with van der Waals surface area (Å²) in [6.45, 7) is 2.32. The van der Waals surface area contributed by atoms with Gasteiger partial charge in [-0.05, 0) is 42.9 Å². The molecule has 0 bridgehead atoms. The average molecular weight is 306 g/mol. The first-order valence-corrected chi connectivity index (χ1v) is 8.69. The smallest absolute Gasteiger partial charge is 0.188 e. The van der Waals surface area contributed by atoms with Gasteiger partial charge in [-0.15, -0.1) is 0 Å². The van der Waals surface area contributed by atoms with E-state index in [9.17, 15) is 0 Å². The Morgan fingerprint density at radius 2 is 2.20 bits per heavy atom. The fraction of sp³-hybridized carbons (Fsp3) is 0.429. The summed E-state index contributed by atoms with van der Waals surface area (Å²) in [6, 6.07) is 9.11. The quantitative estimate of drug-likeness (QED) is 0.903. The van der Waals surface area contributed by atoms with Crippen LogP contribution < -0.4 is 5.32 Å². The Balaban J connectivity index is 1.61. The molecule has 2 unspecified atom stereocenters. The van der Waals surface area contributed by atoms with Crippen molar-refractivity contribution < 1.29 is 0 Å². The molecule has 1 aromatic carbocycles. The first kappa shape index (κ1) is 13.8. The zero-order valence-corrected chi connectivity index (χ0v) is 13.0. The molecule has 1 aliphatic rings. The summed E-state index contributed by atoms with van der Waals surface area (Å²) in [5, 5.41) is 11.9. The van der Waals surface area contributed by atoms with Crippen LogP contribution in [0.4, 0.5) is 5.69 Å². The molecule has 4 nitrogen and oxygen atoms in total. The lowest BCUT2D eigenvalue weighted by Crippen LogP contribution is -2.32. The fourth-order valence-electron chi connectivity index (χ4n) is 2.30. The number of thioether (sulfide) groups is 1. The second-order valence-electron chi connectivity index (χ2n) is 4.89. The standard InChI is InChI=1S/C14H18N4S2/c1-10-13(3-2-8-19-10)17-11-4-6-12(7-5-11)20-14-15-9-16-18-14/h4-7,9-10,13,17H,2-3,8H2,1H3,(H,15,16,18). The van der Waals surface area contributed by atoms with Gasteiger partial charge in [0.15, 0.2) is 5.16 Å². The predicted molar refractivity (Wildman–Crippen MR) is 85.5 cm³/mol. The number of hydrogen-bond acceptors (Lipinski definition) is 5. The van der Waals surface area contributed by atoms with Crippen LogP contribution in [0, 0.1) is 0 Å². The van der Waals surface area contributed by atoms with E-state index in [1.807, 2.05) is 0 Å². The SMILES string of the molecule is CC1SCCCC1Nc1ccc(Sc2ncn[nH]2)cc1. The van der Waals surface area contributed by atoms with E-state index in [1.165, 1.54) is 35.5 Å². The number of nitrogens with one attached hydrogen (secondary N) is 2. The van der Waals surface area contributed by atoms with E-state index >= 15 is 0 Å². The van der Waals surface area contributed by atoms with Crippen LogP contribution in [-0.2, 0) is 0 Å². The highest BCUT2D eigenvalue weighted by Gasteiger charge is 2.21. The van der Waals surface area contributed by atoms with Crippen molar-refractivity contribution >= 4 is 29.2 Å². The van der Waals surface area contributed by atoms with Crippen LogP contribution in [0.15, 0.2) is 40.6 Å². The van der Waals surface area contributed by atoms with E-state index in [2.05, 4.69) is 63.4 Å². The molecule has 0 radical (unpaired) electrons. The molecule has 2 aromatic rings. The van der Waals surface area contributed by atoms with Gasteiger partial charge in [0.1, 0.15) is 6.33 Å². The van der Waals surface area contributed by atoms with E-state index in [-0.39, 0.29) is 0 Å². The number of hydrogen-bond donors (Lipinski definition) is 2. The highest BCUT2D eigenvalue weighted by Crippen LogP contribution is 2.29. The number of anilines is 1. The van der Waals surface area contributed by atoms with E-state index in [0.717, 1.165) is 5.16 Å². The maximum absolute atomic E-state index is 4.12. The molecule has 20 heavy (non-hydrogen) atoms. The minimum absolute atomic E-state index is 0.585. The Morgan fingerprint density at radius 1 is 1.35 bits per heavy atom. The number of rotatable bonds is 4. The maximum Gasteiger partial charge on any atom is 0.188 e. The van der Waals surface area contributed by atoms with Gasteiger partial charge in [0.25, 0.3) is 0 Å². The van der Waals surface area contributed by atoms with Crippen molar-refractivity contribution in [2.45, 2.75) is 41.1 Å². The van der Waals surface area contributed by atoms with Crippen LogP contribution in [0.5, 0.6) is 0 Å². The molecule has 0 spiro atoms. The van der Waals surface area contributed by atoms with Crippen molar-refractivity contribution in [2.24, 2.45) is 0 Å². The Kier molecular flexibility index (Phi) is 4.52. The minimum Gasteiger partial charge on any atom is -0.381 e. The van der Waals surface area contributed by atoms with Crippen molar-refractivity contribution in [1.82, 2.24) is 15.2 Å². The third-order valence-electron chi connectivity index (χ3n) is 3.42. The van der Waals surface area contributed by atoms with Crippen molar-refractivity contribution in [1.29, 1.82) is 0 Å². The molecule has 1 aliphatic heterocycles. The topological polar surface area (TPSA) is 53.6 Å². The lowest BCUT2D eigenvalue weighted by molar-refractivity contribution is 0.617. The molecule has 3 rings (SSSR count). The highest BCUT2D eigenvalue weighted by atomic mass is 32.2. The number of H-pyrrole nitrogens is 1. The summed E-state index contributed by atoms with van der Waals surface area (Å²) >= 11 is 3.65. The van der Waals surface area contributed by atoms with Crippen molar-refractivity contribution in [3.05, 3.63) is 30.6 Å². The monoisotopic (exact) mass is 306 g/mol. The normalized spacial score (nSPS) is 22.6. The van der Waals surface area contributed by atoms with E-state index < -0.39 is 0 Å². The molecule has 106 valence electrons. The fourth-order valence-corrected chi connectivity index (χ4v) is 4.14. The Hall–Kier alpha value is -1.14. The Labute approximate surface area is 127 Å². The summed E-state index contributed by atoms with van der Waals surface area (Å²) in [4.78, 5) is 5.28. The highest BCUT2D eigenvalue weighted by molar-refractivity contribution is 8.00. The molecule has 2 N–H and O–H groups in total. The van der Waals surface area contributed by atoms with Crippen LogP contribution >= 0.6 is 23.5 Å². The zero-order valence-electron chi connectivity index (χ0n) is 11.4. The summed E-state index contributed by atoms with van der Waals surface area (Å²) in [7, 11) is 0. The Morgan fingerprint density at radius 3 is 2.90 bits per heavy atom. The largest absolute Gasteiger partial charge is 0.381 e. The van der Waals surface area contributed by atoms with E-state index in [0.29, 0.717) is 11.3 Å². The summed E-state index contributed by atoms with van der Waals surface area (Å²) in [5.41, 5.74) is 1.20. The number of aromatic nitrogens is 3. The lowest BCUT2D eigenvalue weighted by atomic mass is 10.1. The number of nitrogens with zero attached hydrogens (tertiary/aromatic N) is 2. The Bertz CT molecular complexity index is 527. The second-order valence-corrected chi connectivity index (χ2v) is 7.43. The summed E-state index contributed by atoms with van der Waals surface area (Å²) < 4.78 is 0. The van der Waals surface area contributed by atoms with Crippen molar-refractivity contribution in [3.8, 4) is 0 Å². The minimum atomic E-state index is 0.585. The van der Waals surface area contributed by atoms with E-state index in [1.54, 1.807) is 11.8 Å². The zero-order chi connectivity index (χ0) is 13.8. The molecule has 2 atom stereocenters. The van der Waals surface area contributed by atoms with Gasteiger partial charge in [-0.1, -0.05) is 18.7 Å². The molecule has 1 saturated heterocycles. The van der Waals surface area contributed by atoms with Gasteiger partial charge < -0.3 is 5.32 Å². The summed E-state index contributed by atoms with van der Waals surface area (Å²) in [6.07, 6.45) is 4.11. The van der Waals surface area contributed by atoms with Crippen LogP contribution in [-0.4, -0.2) is 32.2 Å². The molecular weight excluding hydrogens is 288 g/mol. The number of aromatic amines is 1. The average Bonchev–Trinajstić information content (AvgIpc) is 2.96. The van der Waals surface area contributed by atoms with Gasteiger partial charge in [-0.2, -0.15) is 16.9 Å². The van der Waals surface area contributed by atoms with Crippen molar-refractivity contribution in [2.75, 3.05) is 11.1 Å². The first-order valence-electron chi connectivity index (χ1n) is 6.83. The molecule has 0 amide bonds. The van der Waals surface area contributed by atoms with Crippen LogP contribution in [0.3, 0.4) is 0 Å². The lowest BCUT2D eigenvalue weighted by Gasteiger charge is -2.30. The molecule has 1 aromatic heterocycles. The second kappa shape index (κ2) is 6.54. The summed E-state index contributed by atoms with van der Waals surface area (Å²) in [5.74, 6) is 1.30. The number of benzene rings is 1. The molecule has 1 fully saturated rings. The van der Waals surface area contributed by atoms with Gasteiger partial charge in [0.05, 0.1) is 0 Å². The molecule has 6 heteroatoms. The third kappa shape index (κ3) is 3.49. The van der Waals surface area contributed by atoms with Crippen LogP contribution in [0.25, 0.3) is 0 Å². The van der Waals surface area contributed by atoms with E-state index in [4.69, 9.17) is 0 Å². The predicted octanol–water partition coefficient (Wildman–Crippen LogP) is 3.65. The van der Waals surface area contributed by atoms with Crippen LogP contribution in [0.1, 0.15) is 19.8 Å². The molecule has 0 saturated carbocycles. The van der Waals surface area contributed by atoms with Gasteiger partial charge in [-0.3, -0.25) is 5.10 Å². The van der Waals surface area contributed by atoms with Gasteiger partial charge in [0, 0.05) is 21.9 Å². The molecular formula is C14H18N4S2.